The van der Waals surface area contributed by atoms with E-state index in [1.54, 1.807) is 0 Å². The van der Waals surface area contributed by atoms with E-state index in [4.69, 9.17) is 4.42 Å². The first-order valence-electron chi connectivity index (χ1n) is 16.4. The van der Waals surface area contributed by atoms with Gasteiger partial charge in [0.05, 0.1) is 11.0 Å². The van der Waals surface area contributed by atoms with Crippen LogP contribution in [-0.2, 0) is 5.41 Å². The highest BCUT2D eigenvalue weighted by atomic mass is 16.3. The highest BCUT2D eigenvalue weighted by molar-refractivity contribution is 6.33. The molecule has 220 valence electrons. The highest BCUT2D eigenvalue weighted by Gasteiger charge is 2.36. The molecule has 0 aliphatic heterocycles. The maximum atomic E-state index is 6.55. The van der Waals surface area contributed by atoms with E-state index in [9.17, 15) is 0 Å². The van der Waals surface area contributed by atoms with Crippen LogP contribution < -0.4 is 0 Å². The second-order valence-corrected chi connectivity index (χ2v) is 13.7. The summed E-state index contributed by atoms with van der Waals surface area (Å²) in [6, 6.07) is 51.4. The zero-order valence-corrected chi connectivity index (χ0v) is 26.1. The van der Waals surface area contributed by atoms with Gasteiger partial charge in [0.15, 0.2) is 0 Å². The first-order chi connectivity index (χ1) is 23.1. The van der Waals surface area contributed by atoms with Crippen LogP contribution in [0.4, 0.5) is 0 Å². The second kappa shape index (κ2) is 8.69. The molecule has 1 aliphatic rings. The molecule has 0 unspecified atom stereocenters. The van der Waals surface area contributed by atoms with E-state index in [0.717, 1.165) is 22.4 Å². The Bertz CT molecular complexity index is 2930. The fourth-order valence-corrected chi connectivity index (χ4v) is 8.77. The standard InChI is InChI=1S/C45H29NO/c1-45(2)37-18-7-5-15-31(37)34-24-35-32-16-6-8-19-39(32)46(40(35)25-38(34)45)28-12-9-11-26(21-28)27-22-36-30-14-4-3-13-29(30)33-17-10-20-41-43(33)44(36)42(23-27)47-41/h3-25H,1-2H3. The summed E-state index contributed by atoms with van der Waals surface area (Å²) in [5, 5.41) is 10.0. The van der Waals surface area contributed by atoms with Gasteiger partial charge in [0, 0.05) is 32.6 Å². The summed E-state index contributed by atoms with van der Waals surface area (Å²) in [6.45, 7) is 4.72. The van der Waals surface area contributed by atoms with Gasteiger partial charge in [0.2, 0.25) is 0 Å². The van der Waals surface area contributed by atoms with Gasteiger partial charge >= 0.3 is 0 Å². The van der Waals surface area contributed by atoms with Crippen molar-refractivity contribution >= 4 is 65.3 Å². The van der Waals surface area contributed by atoms with Crippen molar-refractivity contribution in [2.45, 2.75) is 19.3 Å². The van der Waals surface area contributed by atoms with E-state index in [0.29, 0.717) is 0 Å². The zero-order valence-electron chi connectivity index (χ0n) is 26.1. The van der Waals surface area contributed by atoms with Gasteiger partial charge in [-0.25, -0.2) is 0 Å². The third kappa shape index (κ3) is 3.20. The van der Waals surface area contributed by atoms with E-state index in [1.807, 2.05) is 0 Å². The van der Waals surface area contributed by atoms with E-state index >= 15 is 0 Å². The Morgan fingerprint density at radius 3 is 2.06 bits per heavy atom. The third-order valence-electron chi connectivity index (χ3n) is 10.9. The molecule has 2 aromatic heterocycles. The molecule has 0 spiro atoms. The molecular formula is C45H29NO. The smallest absolute Gasteiger partial charge is 0.136 e. The van der Waals surface area contributed by atoms with Crippen LogP contribution in [0.5, 0.6) is 0 Å². The summed E-state index contributed by atoms with van der Waals surface area (Å²) >= 11 is 0. The predicted octanol–water partition coefficient (Wildman–Crippen LogP) is 12.4. The van der Waals surface area contributed by atoms with Crippen LogP contribution in [0.15, 0.2) is 144 Å². The number of hydrogen-bond acceptors (Lipinski definition) is 1. The van der Waals surface area contributed by atoms with Gasteiger partial charge in [-0.15, -0.1) is 0 Å². The lowest BCUT2D eigenvalue weighted by Gasteiger charge is -2.21. The molecule has 8 aromatic carbocycles. The number of furan rings is 1. The molecule has 0 saturated carbocycles. The number of para-hydroxylation sites is 1. The summed E-state index contributed by atoms with van der Waals surface area (Å²) in [5.41, 5.74) is 13.3. The minimum Gasteiger partial charge on any atom is -0.456 e. The molecule has 0 bridgehead atoms. The van der Waals surface area contributed by atoms with Crippen molar-refractivity contribution in [2.24, 2.45) is 0 Å². The van der Waals surface area contributed by atoms with Crippen LogP contribution in [0.1, 0.15) is 25.0 Å². The lowest BCUT2D eigenvalue weighted by molar-refractivity contribution is 0.661. The van der Waals surface area contributed by atoms with Crippen LogP contribution in [0.2, 0.25) is 0 Å². The molecule has 1 aliphatic carbocycles. The summed E-state index contributed by atoms with van der Waals surface area (Å²) < 4.78 is 9.01. The van der Waals surface area contributed by atoms with E-state index in [-0.39, 0.29) is 5.41 Å². The van der Waals surface area contributed by atoms with Crippen molar-refractivity contribution < 1.29 is 4.42 Å². The van der Waals surface area contributed by atoms with Crippen LogP contribution in [0.3, 0.4) is 0 Å². The molecule has 0 N–H and O–H groups in total. The lowest BCUT2D eigenvalue weighted by Crippen LogP contribution is -2.14. The molecule has 2 nitrogen and oxygen atoms in total. The molecular weight excluding hydrogens is 571 g/mol. The zero-order chi connectivity index (χ0) is 31.0. The molecule has 47 heavy (non-hydrogen) atoms. The Kier molecular flexibility index (Phi) is 4.68. The van der Waals surface area contributed by atoms with E-state index < -0.39 is 0 Å². The number of fused-ring (bicyclic) bond motifs is 9. The number of rotatable bonds is 2. The molecule has 11 rings (SSSR count). The van der Waals surface area contributed by atoms with Crippen molar-refractivity contribution in [1.29, 1.82) is 0 Å². The van der Waals surface area contributed by atoms with E-state index in [2.05, 4.69) is 158 Å². The first kappa shape index (κ1) is 25.3. The average molecular weight is 600 g/mol. The molecule has 0 fully saturated rings. The normalized spacial score (nSPS) is 13.9. The van der Waals surface area contributed by atoms with E-state index in [1.165, 1.54) is 81.9 Å². The molecule has 0 amide bonds. The Morgan fingerprint density at radius 1 is 0.447 bits per heavy atom. The van der Waals surface area contributed by atoms with Crippen molar-refractivity contribution in [2.75, 3.05) is 0 Å². The lowest BCUT2D eigenvalue weighted by atomic mass is 9.82. The Labute approximate surface area is 271 Å². The molecule has 10 aromatic rings. The minimum atomic E-state index is -0.0667. The Hall–Kier alpha value is -5.86. The summed E-state index contributed by atoms with van der Waals surface area (Å²) in [5.74, 6) is 0. The fourth-order valence-electron chi connectivity index (χ4n) is 8.77. The first-order valence-corrected chi connectivity index (χ1v) is 16.4. The van der Waals surface area contributed by atoms with Gasteiger partial charge in [-0.3, -0.25) is 0 Å². The molecule has 0 saturated heterocycles. The number of aromatic nitrogens is 1. The molecule has 0 radical (unpaired) electrons. The van der Waals surface area contributed by atoms with Crippen LogP contribution in [0, 0.1) is 0 Å². The molecule has 2 heteroatoms. The van der Waals surface area contributed by atoms with Gasteiger partial charge in [-0.1, -0.05) is 105 Å². The largest absolute Gasteiger partial charge is 0.456 e. The second-order valence-electron chi connectivity index (χ2n) is 13.7. The van der Waals surface area contributed by atoms with Gasteiger partial charge in [0.25, 0.3) is 0 Å². The monoisotopic (exact) mass is 599 g/mol. The summed E-state index contributed by atoms with van der Waals surface area (Å²) in [4.78, 5) is 0. The van der Waals surface area contributed by atoms with Gasteiger partial charge in [0.1, 0.15) is 11.2 Å². The number of nitrogens with zero attached hydrogens (tertiary/aromatic N) is 1. The van der Waals surface area contributed by atoms with Gasteiger partial charge in [-0.05, 0) is 103 Å². The number of hydrogen-bond donors (Lipinski definition) is 0. The van der Waals surface area contributed by atoms with Gasteiger partial charge < -0.3 is 8.98 Å². The van der Waals surface area contributed by atoms with Crippen LogP contribution >= 0.6 is 0 Å². The third-order valence-corrected chi connectivity index (χ3v) is 10.9. The van der Waals surface area contributed by atoms with Crippen LogP contribution in [-0.4, -0.2) is 4.57 Å². The minimum absolute atomic E-state index is 0.0667. The maximum Gasteiger partial charge on any atom is 0.136 e. The topological polar surface area (TPSA) is 18.1 Å². The summed E-state index contributed by atoms with van der Waals surface area (Å²) in [7, 11) is 0. The van der Waals surface area contributed by atoms with Crippen molar-refractivity contribution in [3.05, 3.63) is 151 Å². The SMILES string of the molecule is CC1(C)c2ccccc2-c2cc3c4ccccc4n(-c4cccc(-c5cc6oc7cccc8c9ccccc9c(c5)c6c78)c4)c3cc21. The maximum absolute atomic E-state index is 6.55. The van der Waals surface area contributed by atoms with Crippen molar-refractivity contribution in [3.8, 4) is 27.9 Å². The number of benzene rings is 8. The van der Waals surface area contributed by atoms with Crippen molar-refractivity contribution in [3.63, 3.8) is 0 Å². The van der Waals surface area contributed by atoms with Crippen molar-refractivity contribution in [1.82, 2.24) is 4.57 Å². The fraction of sp³-hybridized carbons (Fsp3) is 0.0667. The highest BCUT2D eigenvalue weighted by Crippen LogP contribution is 2.51. The average Bonchev–Trinajstić information content (AvgIpc) is 3.73. The summed E-state index contributed by atoms with van der Waals surface area (Å²) in [6.07, 6.45) is 0. The molecule has 2 heterocycles. The molecule has 0 atom stereocenters. The van der Waals surface area contributed by atoms with Gasteiger partial charge in [-0.2, -0.15) is 0 Å². The Balaban J connectivity index is 1.17. The quantitative estimate of drug-likeness (QED) is 0.181. The predicted molar refractivity (Wildman–Crippen MR) is 197 cm³/mol. The Morgan fingerprint density at radius 2 is 1.17 bits per heavy atom. The van der Waals surface area contributed by atoms with Crippen LogP contribution in [0.25, 0.3) is 93.2 Å².